The van der Waals surface area contributed by atoms with Crippen LogP contribution in [0.2, 0.25) is 0 Å². The first-order chi connectivity index (χ1) is 12.8. The summed E-state index contributed by atoms with van der Waals surface area (Å²) in [7, 11) is 0. The van der Waals surface area contributed by atoms with Crippen LogP contribution in [0.5, 0.6) is 11.5 Å². The van der Waals surface area contributed by atoms with Crippen molar-refractivity contribution in [1.29, 1.82) is 0 Å². The molecule has 0 spiro atoms. The normalized spacial score (nSPS) is 12.0. The van der Waals surface area contributed by atoms with Crippen molar-refractivity contribution < 1.29 is 27.0 Å². The Labute approximate surface area is 153 Å². The van der Waals surface area contributed by atoms with E-state index in [-0.39, 0.29) is 30.5 Å². The van der Waals surface area contributed by atoms with Crippen molar-refractivity contribution in [2.45, 2.75) is 26.4 Å². The summed E-state index contributed by atoms with van der Waals surface area (Å²) in [6.45, 7) is 2.56. The van der Waals surface area contributed by atoms with Crippen LogP contribution in [-0.2, 0) is 13.1 Å². The molecule has 0 atom stereocenters. The molecular weight excluding hydrogens is 366 g/mol. The molecule has 146 valence electrons. The van der Waals surface area contributed by atoms with Gasteiger partial charge in [-0.05, 0) is 42.3 Å². The number of alkyl halides is 3. The van der Waals surface area contributed by atoms with E-state index >= 15 is 0 Å². The second kappa shape index (κ2) is 9.11. The molecule has 27 heavy (non-hydrogen) atoms. The Morgan fingerprint density at radius 2 is 1.78 bits per heavy atom. The van der Waals surface area contributed by atoms with Crippen LogP contribution in [0.15, 0.2) is 47.5 Å². The van der Waals surface area contributed by atoms with Crippen LogP contribution in [0.3, 0.4) is 0 Å². The van der Waals surface area contributed by atoms with Crippen LogP contribution in [0.1, 0.15) is 18.1 Å². The highest BCUT2D eigenvalue weighted by Gasteiger charge is 2.30. The number of hydrogen-bond donors (Lipinski definition) is 2. The lowest BCUT2D eigenvalue weighted by atomic mass is 10.2. The van der Waals surface area contributed by atoms with Crippen LogP contribution in [0.25, 0.3) is 0 Å². The summed E-state index contributed by atoms with van der Waals surface area (Å²) in [6, 6.07) is 9.90. The number of aliphatic imine (C=N–C) groups is 1. The predicted molar refractivity (Wildman–Crippen MR) is 92.9 cm³/mol. The largest absolute Gasteiger partial charge is 0.573 e. The van der Waals surface area contributed by atoms with Crippen molar-refractivity contribution in [3.63, 3.8) is 0 Å². The van der Waals surface area contributed by atoms with Crippen molar-refractivity contribution in [3.05, 3.63) is 59.4 Å². The smallest absolute Gasteiger partial charge is 0.491 e. The Bertz CT molecular complexity index is 777. The van der Waals surface area contributed by atoms with Gasteiger partial charge in [0.2, 0.25) is 0 Å². The van der Waals surface area contributed by atoms with E-state index < -0.39 is 12.2 Å². The molecule has 0 saturated carbocycles. The SMILES string of the molecule is CCOc1ccc(CN=C(N)NCc2ccc(OC(F)(F)F)cc2)cc1F. The third kappa shape index (κ3) is 7.04. The van der Waals surface area contributed by atoms with Crippen molar-refractivity contribution >= 4 is 5.96 Å². The maximum Gasteiger partial charge on any atom is 0.573 e. The standard InChI is InChI=1S/C18H19F4N3O2/c1-2-26-16-8-5-13(9-15(16)19)11-25-17(23)24-10-12-3-6-14(7-4-12)27-18(20,21)22/h3-9H,2,10-11H2,1H3,(H3,23,24,25). The minimum atomic E-state index is -4.73. The lowest BCUT2D eigenvalue weighted by Gasteiger charge is -2.10. The lowest BCUT2D eigenvalue weighted by molar-refractivity contribution is -0.274. The van der Waals surface area contributed by atoms with Gasteiger partial charge in [0.05, 0.1) is 13.2 Å². The number of ether oxygens (including phenoxy) is 2. The first-order valence-corrected chi connectivity index (χ1v) is 8.06. The van der Waals surface area contributed by atoms with Crippen molar-refractivity contribution in [3.8, 4) is 11.5 Å². The second-order valence-electron chi connectivity index (χ2n) is 5.44. The molecule has 0 fully saturated rings. The fraction of sp³-hybridized carbons (Fsp3) is 0.278. The van der Waals surface area contributed by atoms with Gasteiger partial charge in [-0.2, -0.15) is 0 Å². The molecule has 0 aromatic heterocycles. The van der Waals surface area contributed by atoms with Gasteiger partial charge < -0.3 is 20.5 Å². The summed E-state index contributed by atoms with van der Waals surface area (Å²) in [5, 5.41) is 2.83. The third-order valence-corrected chi connectivity index (χ3v) is 3.36. The van der Waals surface area contributed by atoms with Gasteiger partial charge in [0.15, 0.2) is 17.5 Å². The quantitative estimate of drug-likeness (QED) is 0.433. The maximum absolute atomic E-state index is 13.8. The Balaban J connectivity index is 1.86. The number of nitrogens with two attached hydrogens (primary N) is 1. The van der Waals surface area contributed by atoms with Crippen LogP contribution in [0, 0.1) is 5.82 Å². The van der Waals surface area contributed by atoms with E-state index in [0.29, 0.717) is 17.7 Å². The van der Waals surface area contributed by atoms with Gasteiger partial charge in [-0.25, -0.2) is 9.38 Å². The highest BCUT2D eigenvalue weighted by atomic mass is 19.4. The van der Waals surface area contributed by atoms with Gasteiger partial charge in [-0.15, -0.1) is 13.2 Å². The highest BCUT2D eigenvalue weighted by molar-refractivity contribution is 5.77. The molecule has 2 aromatic rings. The van der Waals surface area contributed by atoms with Gasteiger partial charge in [0, 0.05) is 6.54 Å². The molecule has 0 radical (unpaired) electrons. The molecular formula is C18H19F4N3O2. The van der Waals surface area contributed by atoms with E-state index in [1.807, 2.05) is 0 Å². The molecule has 2 rings (SSSR count). The number of nitrogens with one attached hydrogen (secondary N) is 1. The van der Waals surface area contributed by atoms with E-state index in [1.165, 1.54) is 36.4 Å². The van der Waals surface area contributed by atoms with Gasteiger partial charge in [0.1, 0.15) is 5.75 Å². The van der Waals surface area contributed by atoms with E-state index in [9.17, 15) is 17.6 Å². The molecule has 0 amide bonds. The molecule has 0 aliphatic heterocycles. The molecule has 0 saturated heterocycles. The number of hydrogen-bond acceptors (Lipinski definition) is 3. The van der Waals surface area contributed by atoms with Crippen LogP contribution in [-0.4, -0.2) is 18.9 Å². The minimum absolute atomic E-state index is 0.125. The van der Waals surface area contributed by atoms with Crippen molar-refractivity contribution in [2.24, 2.45) is 10.7 Å². The molecule has 5 nitrogen and oxygen atoms in total. The average Bonchev–Trinajstić information content (AvgIpc) is 2.60. The number of guanidine groups is 1. The lowest BCUT2D eigenvalue weighted by Crippen LogP contribution is -2.31. The van der Waals surface area contributed by atoms with Gasteiger partial charge in [-0.1, -0.05) is 18.2 Å². The first kappa shape index (κ1) is 20.3. The molecule has 2 aromatic carbocycles. The van der Waals surface area contributed by atoms with Gasteiger partial charge in [0.25, 0.3) is 0 Å². The number of halogens is 4. The predicted octanol–water partition coefficient (Wildman–Crippen LogP) is 3.73. The zero-order chi connectivity index (χ0) is 19.9. The topological polar surface area (TPSA) is 68.9 Å². The molecule has 0 aliphatic carbocycles. The minimum Gasteiger partial charge on any atom is -0.491 e. The van der Waals surface area contributed by atoms with Crippen molar-refractivity contribution in [2.75, 3.05) is 6.61 Å². The third-order valence-electron chi connectivity index (χ3n) is 3.36. The Morgan fingerprint density at radius 1 is 1.11 bits per heavy atom. The Morgan fingerprint density at radius 3 is 2.37 bits per heavy atom. The second-order valence-corrected chi connectivity index (χ2v) is 5.44. The van der Waals surface area contributed by atoms with E-state index in [1.54, 1.807) is 13.0 Å². The summed E-state index contributed by atoms with van der Waals surface area (Å²) in [5.74, 6) is -0.475. The molecule has 3 N–H and O–H groups in total. The number of benzene rings is 2. The maximum atomic E-state index is 13.8. The van der Waals surface area contributed by atoms with Gasteiger partial charge >= 0.3 is 6.36 Å². The zero-order valence-corrected chi connectivity index (χ0v) is 14.5. The van der Waals surface area contributed by atoms with Crippen LogP contribution in [0.4, 0.5) is 17.6 Å². The number of nitrogens with zero attached hydrogens (tertiary/aromatic N) is 1. The molecule has 9 heteroatoms. The Hall–Kier alpha value is -2.97. The fourth-order valence-corrected chi connectivity index (χ4v) is 2.15. The molecule has 0 unspecified atom stereocenters. The zero-order valence-electron chi connectivity index (χ0n) is 14.5. The summed E-state index contributed by atoms with van der Waals surface area (Å²) in [4.78, 5) is 4.09. The van der Waals surface area contributed by atoms with E-state index in [4.69, 9.17) is 10.5 Å². The molecule has 0 bridgehead atoms. The average molecular weight is 385 g/mol. The summed E-state index contributed by atoms with van der Waals surface area (Å²) >= 11 is 0. The summed E-state index contributed by atoms with van der Waals surface area (Å²) in [5.41, 5.74) is 7.05. The molecule has 0 aliphatic rings. The summed E-state index contributed by atoms with van der Waals surface area (Å²) < 4.78 is 59.0. The van der Waals surface area contributed by atoms with Crippen molar-refractivity contribution in [1.82, 2.24) is 5.32 Å². The molecule has 0 heterocycles. The van der Waals surface area contributed by atoms with E-state index in [0.717, 1.165) is 0 Å². The number of rotatable bonds is 7. The highest BCUT2D eigenvalue weighted by Crippen LogP contribution is 2.22. The fourth-order valence-electron chi connectivity index (χ4n) is 2.15. The van der Waals surface area contributed by atoms with Crippen LogP contribution >= 0.6 is 0 Å². The van der Waals surface area contributed by atoms with E-state index in [2.05, 4.69) is 15.0 Å². The monoisotopic (exact) mass is 385 g/mol. The first-order valence-electron chi connectivity index (χ1n) is 8.06. The Kier molecular flexibility index (Phi) is 6.86. The van der Waals surface area contributed by atoms with Gasteiger partial charge in [-0.3, -0.25) is 0 Å². The van der Waals surface area contributed by atoms with Crippen LogP contribution < -0.4 is 20.5 Å². The summed E-state index contributed by atoms with van der Waals surface area (Å²) in [6.07, 6.45) is -4.73.